The fraction of sp³-hybridized carbons (Fsp3) is 0.136. The zero-order chi connectivity index (χ0) is 23.7. The first-order valence-electron chi connectivity index (χ1n) is 9.26. The number of anilines is 2. The molecule has 3 rings (SSSR count). The maximum absolute atomic E-state index is 13.2. The Labute approximate surface area is 188 Å². The van der Waals surface area contributed by atoms with Gasteiger partial charge in [0, 0.05) is 5.56 Å². The highest BCUT2D eigenvalue weighted by Crippen LogP contribution is 2.35. The van der Waals surface area contributed by atoms with Crippen molar-refractivity contribution in [1.29, 1.82) is 0 Å². The first kappa shape index (κ1) is 23.6. The summed E-state index contributed by atoms with van der Waals surface area (Å²) in [6.45, 7) is 3.59. The van der Waals surface area contributed by atoms with Crippen molar-refractivity contribution >= 4 is 38.9 Å². The molecule has 0 radical (unpaired) electrons. The van der Waals surface area contributed by atoms with Crippen molar-refractivity contribution in [2.24, 2.45) is 0 Å². The number of benzene rings is 3. The van der Waals surface area contributed by atoms with Crippen LogP contribution in [0.1, 0.15) is 27.0 Å². The molecule has 0 heterocycles. The molecule has 0 aliphatic carbocycles. The lowest BCUT2D eigenvalue weighted by Gasteiger charge is -2.15. The molecule has 0 saturated heterocycles. The van der Waals surface area contributed by atoms with E-state index in [1.807, 2.05) is 6.92 Å². The predicted molar refractivity (Wildman–Crippen MR) is 118 cm³/mol. The van der Waals surface area contributed by atoms with Gasteiger partial charge in [0.25, 0.3) is 15.9 Å². The first-order valence-corrected chi connectivity index (χ1v) is 11.1. The van der Waals surface area contributed by atoms with Crippen LogP contribution >= 0.6 is 11.6 Å². The number of halogens is 4. The van der Waals surface area contributed by atoms with E-state index >= 15 is 0 Å². The van der Waals surface area contributed by atoms with Crippen LogP contribution in [0.4, 0.5) is 24.5 Å². The zero-order valence-corrected chi connectivity index (χ0v) is 18.5. The van der Waals surface area contributed by atoms with E-state index in [1.54, 1.807) is 25.1 Å². The van der Waals surface area contributed by atoms with E-state index in [0.717, 1.165) is 23.8 Å². The molecule has 0 aliphatic heterocycles. The molecule has 10 heteroatoms. The normalized spacial score (nSPS) is 11.8. The Morgan fingerprint density at radius 3 is 2.28 bits per heavy atom. The number of rotatable bonds is 5. The number of para-hydroxylation sites is 1. The van der Waals surface area contributed by atoms with Crippen LogP contribution in [0.25, 0.3) is 0 Å². The lowest BCUT2D eigenvalue weighted by molar-refractivity contribution is -0.136. The highest BCUT2D eigenvalue weighted by Gasteiger charge is 2.33. The predicted octanol–water partition coefficient (Wildman–Crippen LogP) is 6.03. The van der Waals surface area contributed by atoms with Crippen LogP contribution in [0.15, 0.2) is 65.6 Å². The van der Waals surface area contributed by atoms with Gasteiger partial charge in [-0.2, -0.15) is 13.2 Å². The van der Waals surface area contributed by atoms with E-state index in [1.165, 1.54) is 24.3 Å². The molecule has 168 valence electrons. The molecule has 3 aromatic rings. The van der Waals surface area contributed by atoms with Crippen molar-refractivity contribution in [1.82, 2.24) is 0 Å². The maximum atomic E-state index is 13.2. The van der Waals surface area contributed by atoms with Crippen molar-refractivity contribution in [3.8, 4) is 0 Å². The van der Waals surface area contributed by atoms with Gasteiger partial charge in [0.1, 0.15) is 4.90 Å². The molecule has 0 atom stereocenters. The summed E-state index contributed by atoms with van der Waals surface area (Å²) in [6.07, 6.45) is -4.67. The van der Waals surface area contributed by atoms with Gasteiger partial charge in [0.15, 0.2) is 0 Å². The first-order chi connectivity index (χ1) is 14.9. The smallest absolute Gasteiger partial charge is 0.321 e. The second-order valence-electron chi connectivity index (χ2n) is 7.07. The summed E-state index contributed by atoms with van der Waals surface area (Å²) < 4.78 is 67.8. The van der Waals surface area contributed by atoms with Crippen molar-refractivity contribution < 1.29 is 26.4 Å². The minimum Gasteiger partial charge on any atom is -0.321 e. The molecule has 0 unspecified atom stereocenters. The van der Waals surface area contributed by atoms with E-state index < -0.39 is 33.4 Å². The number of carbonyl (C=O) groups excluding carboxylic acids is 1. The van der Waals surface area contributed by atoms with E-state index in [2.05, 4.69) is 10.0 Å². The molecular weight excluding hydrogens is 465 g/mol. The molecule has 3 aromatic carbocycles. The highest BCUT2D eigenvalue weighted by molar-refractivity contribution is 7.92. The Bertz CT molecular complexity index is 1290. The lowest BCUT2D eigenvalue weighted by Crippen LogP contribution is -2.18. The van der Waals surface area contributed by atoms with Crippen molar-refractivity contribution in [3.63, 3.8) is 0 Å². The Kier molecular flexibility index (Phi) is 6.52. The average molecular weight is 483 g/mol. The quantitative estimate of drug-likeness (QED) is 0.466. The number of sulfonamides is 1. The SMILES string of the molecule is Cc1ccc(NS(=O)(=O)c2cc(C(=O)Nc3ccccc3C(F)(F)F)ccc2Cl)c(C)c1. The molecule has 32 heavy (non-hydrogen) atoms. The summed E-state index contributed by atoms with van der Waals surface area (Å²) in [7, 11) is -4.18. The second-order valence-corrected chi connectivity index (χ2v) is 9.12. The Morgan fingerprint density at radius 2 is 1.62 bits per heavy atom. The van der Waals surface area contributed by atoms with Gasteiger partial charge in [0.2, 0.25) is 0 Å². The molecule has 0 spiro atoms. The topological polar surface area (TPSA) is 75.3 Å². The number of carbonyl (C=O) groups is 1. The average Bonchev–Trinajstić information content (AvgIpc) is 2.70. The number of aryl methyl sites for hydroxylation is 2. The van der Waals surface area contributed by atoms with Crippen molar-refractivity contribution in [2.45, 2.75) is 24.9 Å². The minimum absolute atomic E-state index is 0.144. The van der Waals surface area contributed by atoms with Crippen LogP contribution < -0.4 is 10.0 Å². The summed E-state index contributed by atoms with van der Waals surface area (Å²) in [5.41, 5.74) is 0.320. The van der Waals surface area contributed by atoms with Gasteiger partial charge >= 0.3 is 6.18 Å². The van der Waals surface area contributed by atoms with E-state index in [-0.39, 0.29) is 15.5 Å². The molecule has 0 fully saturated rings. The number of hydrogen-bond acceptors (Lipinski definition) is 3. The summed E-state index contributed by atoms with van der Waals surface area (Å²) in [6, 6.07) is 13.0. The van der Waals surface area contributed by atoms with Crippen LogP contribution in [0.3, 0.4) is 0 Å². The summed E-state index contributed by atoms with van der Waals surface area (Å²) in [4.78, 5) is 12.2. The van der Waals surface area contributed by atoms with Crippen LogP contribution in [0.5, 0.6) is 0 Å². The van der Waals surface area contributed by atoms with Gasteiger partial charge in [-0.3, -0.25) is 9.52 Å². The molecule has 0 aromatic heterocycles. The molecule has 0 saturated carbocycles. The van der Waals surface area contributed by atoms with Crippen LogP contribution in [-0.2, 0) is 16.2 Å². The van der Waals surface area contributed by atoms with Crippen LogP contribution in [0.2, 0.25) is 5.02 Å². The van der Waals surface area contributed by atoms with Gasteiger partial charge in [0.05, 0.1) is 22.0 Å². The summed E-state index contributed by atoms with van der Waals surface area (Å²) in [5, 5.41) is 2.04. The van der Waals surface area contributed by atoms with E-state index in [4.69, 9.17) is 11.6 Å². The third-order valence-electron chi connectivity index (χ3n) is 4.59. The number of alkyl halides is 3. The Hall–Kier alpha value is -3.04. The molecular formula is C22H18ClF3N2O3S. The van der Waals surface area contributed by atoms with Gasteiger partial charge < -0.3 is 5.32 Å². The second kappa shape index (κ2) is 8.84. The number of nitrogens with one attached hydrogen (secondary N) is 2. The molecule has 2 N–H and O–H groups in total. The third-order valence-corrected chi connectivity index (χ3v) is 6.44. The molecule has 0 bridgehead atoms. The molecule has 1 amide bonds. The molecule has 5 nitrogen and oxygen atoms in total. The van der Waals surface area contributed by atoms with Crippen LogP contribution in [0, 0.1) is 13.8 Å². The summed E-state index contributed by atoms with van der Waals surface area (Å²) in [5.74, 6) is -0.915. The van der Waals surface area contributed by atoms with Crippen molar-refractivity contribution in [3.05, 3.63) is 87.9 Å². The number of hydrogen-bond donors (Lipinski definition) is 2. The van der Waals surface area contributed by atoms with Crippen molar-refractivity contribution in [2.75, 3.05) is 10.0 Å². The number of amides is 1. The minimum atomic E-state index is -4.67. The largest absolute Gasteiger partial charge is 0.418 e. The fourth-order valence-electron chi connectivity index (χ4n) is 3.01. The molecule has 0 aliphatic rings. The third kappa shape index (κ3) is 5.23. The monoisotopic (exact) mass is 482 g/mol. The lowest BCUT2D eigenvalue weighted by atomic mass is 10.1. The fourth-order valence-corrected chi connectivity index (χ4v) is 4.67. The van der Waals surface area contributed by atoms with Gasteiger partial charge in [-0.05, 0) is 55.8 Å². The Morgan fingerprint density at radius 1 is 0.938 bits per heavy atom. The van der Waals surface area contributed by atoms with E-state index in [0.29, 0.717) is 11.3 Å². The van der Waals surface area contributed by atoms with Gasteiger partial charge in [-0.25, -0.2) is 8.42 Å². The standard InChI is InChI=1S/C22H18ClF3N2O3S/c1-13-7-10-18(14(2)11-13)28-32(30,31)20-12-15(8-9-17(20)23)21(29)27-19-6-4-3-5-16(19)22(24,25)26/h3-12,28H,1-2H3,(H,27,29). The van der Waals surface area contributed by atoms with Gasteiger partial charge in [-0.15, -0.1) is 0 Å². The van der Waals surface area contributed by atoms with Gasteiger partial charge in [-0.1, -0.05) is 41.4 Å². The zero-order valence-electron chi connectivity index (χ0n) is 16.9. The van der Waals surface area contributed by atoms with E-state index in [9.17, 15) is 26.4 Å². The highest BCUT2D eigenvalue weighted by atomic mass is 35.5. The maximum Gasteiger partial charge on any atom is 0.418 e. The summed E-state index contributed by atoms with van der Waals surface area (Å²) >= 11 is 6.06. The van der Waals surface area contributed by atoms with Crippen LogP contribution in [-0.4, -0.2) is 14.3 Å². The Balaban J connectivity index is 1.93.